The predicted molar refractivity (Wildman–Crippen MR) is 247 cm³/mol. The third kappa shape index (κ3) is 5.94. The zero-order chi connectivity index (χ0) is 40.3. The molecule has 0 N–H and O–H groups in total. The normalized spacial score (nSPS) is 11.7. The van der Waals surface area contributed by atoms with Crippen LogP contribution in [0.2, 0.25) is 0 Å². The van der Waals surface area contributed by atoms with E-state index in [1.807, 2.05) is 103 Å². The molecule has 59 heavy (non-hydrogen) atoms. The number of nitriles is 1. The maximum absolute atomic E-state index is 15.1. The van der Waals surface area contributed by atoms with Gasteiger partial charge in [0.2, 0.25) is 0 Å². The van der Waals surface area contributed by atoms with Gasteiger partial charge in [-0.25, -0.2) is 9.97 Å². The fourth-order valence-electron chi connectivity index (χ4n) is 8.83. The van der Waals surface area contributed by atoms with Crippen molar-refractivity contribution in [1.29, 1.82) is 5.26 Å². The highest BCUT2D eigenvalue weighted by Gasteiger charge is 2.29. The van der Waals surface area contributed by atoms with Crippen molar-refractivity contribution >= 4 is 66.4 Å². The second kappa shape index (κ2) is 14.3. The van der Waals surface area contributed by atoms with Gasteiger partial charge in [0.25, 0.3) is 0 Å². The Morgan fingerprint density at radius 2 is 0.898 bits per heavy atom. The SMILES string of the molecule is Cc1ccc(-c2nc3cc(-c4ccc(P(=O)(c5ccccc5)c5ccccc5)cc4)ccc3c3c(C)c4c(-c5ccc(C#N)cc5)nc5ccccc5c4c(C)c23)cc1. The molecule has 0 aliphatic heterocycles. The Hall–Kier alpha value is -7.18. The van der Waals surface area contributed by atoms with Gasteiger partial charge in [0.1, 0.15) is 0 Å². The van der Waals surface area contributed by atoms with E-state index in [4.69, 9.17) is 9.97 Å². The fourth-order valence-corrected chi connectivity index (χ4v) is 11.5. The number of fused-ring (bicyclic) bond motifs is 6. The number of para-hydroxylation sites is 1. The highest BCUT2D eigenvalue weighted by molar-refractivity contribution is 7.85. The molecule has 5 heteroatoms. The molecule has 0 unspecified atom stereocenters. The van der Waals surface area contributed by atoms with Crippen molar-refractivity contribution in [2.75, 3.05) is 0 Å². The summed E-state index contributed by atoms with van der Waals surface area (Å²) in [7, 11) is -3.11. The molecule has 0 fully saturated rings. The Bertz CT molecular complexity index is 3310. The van der Waals surface area contributed by atoms with Gasteiger partial charge in [-0.1, -0.05) is 157 Å². The van der Waals surface area contributed by atoms with Gasteiger partial charge in [0.15, 0.2) is 7.14 Å². The zero-order valence-corrected chi connectivity index (χ0v) is 33.8. The zero-order valence-electron chi connectivity index (χ0n) is 32.9. The Morgan fingerprint density at radius 1 is 0.441 bits per heavy atom. The van der Waals surface area contributed by atoms with Crippen LogP contribution in [-0.2, 0) is 4.57 Å². The first kappa shape index (κ1) is 36.2. The minimum atomic E-state index is -3.11. The van der Waals surface area contributed by atoms with Crippen LogP contribution in [0, 0.1) is 32.1 Å². The Balaban J connectivity index is 1.22. The molecule has 280 valence electrons. The van der Waals surface area contributed by atoms with Crippen molar-refractivity contribution in [2.24, 2.45) is 0 Å². The van der Waals surface area contributed by atoms with E-state index < -0.39 is 7.14 Å². The van der Waals surface area contributed by atoms with Crippen LogP contribution in [0.15, 0.2) is 176 Å². The molecular weight excluding hydrogens is 738 g/mol. The summed E-state index contributed by atoms with van der Waals surface area (Å²) >= 11 is 0. The van der Waals surface area contributed by atoms with Gasteiger partial charge in [0, 0.05) is 48.6 Å². The maximum Gasteiger partial charge on any atom is 0.171 e. The summed E-state index contributed by atoms with van der Waals surface area (Å²) in [5.74, 6) is 0. The van der Waals surface area contributed by atoms with Gasteiger partial charge in [0.05, 0.1) is 34.1 Å². The summed E-state index contributed by atoms with van der Waals surface area (Å²) in [5, 5.41) is 18.7. The van der Waals surface area contributed by atoms with E-state index in [1.54, 1.807) is 0 Å². The van der Waals surface area contributed by atoms with E-state index >= 15 is 4.57 Å². The Morgan fingerprint density at radius 3 is 1.47 bits per heavy atom. The van der Waals surface area contributed by atoms with Gasteiger partial charge in [-0.05, 0) is 78.1 Å². The summed E-state index contributed by atoms with van der Waals surface area (Å²) in [5.41, 5.74) is 11.8. The summed E-state index contributed by atoms with van der Waals surface area (Å²) < 4.78 is 15.1. The Labute approximate surface area is 343 Å². The van der Waals surface area contributed by atoms with Crippen LogP contribution in [0.1, 0.15) is 22.3 Å². The molecule has 0 saturated carbocycles. The molecule has 0 aliphatic carbocycles. The van der Waals surface area contributed by atoms with Crippen LogP contribution < -0.4 is 15.9 Å². The molecule has 10 rings (SSSR count). The second-order valence-electron chi connectivity index (χ2n) is 15.3. The van der Waals surface area contributed by atoms with E-state index in [1.165, 1.54) is 5.56 Å². The number of hydrogen-bond donors (Lipinski definition) is 0. The number of benzene rings is 8. The average molecular weight is 776 g/mol. The molecule has 8 aromatic carbocycles. The van der Waals surface area contributed by atoms with Crippen LogP contribution in [0.5, 0.6) is 0 Å². The molecule has 0 bridgehead atoms. The number of aromatic nitrogens is 2. The summed E-state index contributed by atoms with van der Waals surface area (Å²) in [4.78, 5) is 10.8. The van der Waals surface area contributed by atoms with Crippen molar-refractivity contribution in [3.63, 3.8) is 0 Å². The minimum absolute atomic E-state index is 0.615. The molecule has 0 aliphatic rings. The number of nitrogens with zero attached hydrogens (tertiary/aromatic N) is 3. The lowest BCUT2D eigenvalue weighted by Crippen LogP contribution is -2.24. The Kier molecular flexibility index (Phi) is 8.79. The van der Waals surface area contributed by atoms with E-state index in [9.17, 15) is 5.26 Å². The third-order valence-corrected chi connectivity index (χ3v) is 14.9. The molecule has 2 aromatic heterocycles. The van der Waals surface area contributed by atoms with Crippen LogP contribution in [0.3, 0.4) is 0 Å². The van der Waals surface area contributed by atoms with Crippen LogP contribution >= 0.6 is 7.14 Å². The topological polar surface area (TPSA) is 66.6 Å². The molecule has 0 radical (unpaired) electrons. The van der Waals surface area contributed by atoms with Gasteiger partial charge in [-0.15, -0.1) is 0 Å². The number of pyridine rings is 2. The van der Waals surface area contributed by atoms with Crippen molar-refractivity contribution in [1.82, 2.24) is 9.97 Å². The van der Waals surface area contributed by atoms with Gasteiger partial charge >= 0.3 is 0 Å². The number of aryl methyl sites for hydroxylation is 3. The second-order valence-corrected chi connectivity index (χ2v) is 18.1. The monoisotopic (exact) mass is 775 g/mol. The van der Waals surface area contributed by atoms with Crippen molar-refractivity contribution in [3.8, 4) is 39.7 Å². The van der Waals surface area contributed by atoms with Crippen molar-refractivity contribution in [2.45, 2.75) is 20.8 Å². The highest BCUT2D eigenvalue weighted by atomic mass is 31.2. The fraction of sp³-hybridized carbons (Fsp3) is 0.0556. The summed E-state index contributed by atoms with van der Waals surface area (Å²) in [6.07, 6.45) is 0. The first-order valence-corrected chi connectivity index (χ1v) is 21.5. The molecule has 0 amide bonds. The maximum atomic E-state index is 15.1. The van der Waals surface area contributed by atoms with Crippen LogP contribution in [-0.4, -0.2) is 9.97 Å². The number of rotatable bonds is 6. The molecule has 2 heterocycles. The quantitative estimate of drug-likeness (QED) is 0.0958. The van der Waals surface area contributed by atoms with E-state index in [0.717, 1.165) is 104 Å². The number of hydrogen-bond acceptors (Lipinski definition) is 4. The largest absolute Gasteiger partial charge is 0.309 e. The van der Waals surface area contributed by atoms with E-state index in [2.05, 4.69) is 99.6 Å². The minimum Gasteiger partial charge on any atom is -0.309 e. The molecule has 0 atom stereocenters. The van der Waals surface area contributed by atoms with Gasteiger partial charge in [-0.3, -0.25) is 0 Å². The lowest BCUT2D eigenvalue weighted by Gasteiger charge is -2.21. The lowest BCUT2D eigenvalue weighted by molar-refractivity contribution is 0.592. The molecule has 0 saturated heterocycles. The van der Waals surface area contributed by atoms with E-state index in [0.29, 0.717) is 5.56 Å². The summed E-state index contributed by atoms with van der Waals surface area (Å²) in [6, 6.07) is 61.4. The van der Waals surface area contributed by atoms with Gasteiger partial charge < -0.3 is 4.57 Å². The molecule has 4 nitrogen and oxygen atoms in total. The predicted octanol–water partition coefficient (Wildman–Crippen LogP) is 12.5. The van der Waals surface area contributed by atoms with Crippen molar-refractivity contribution in [3.05, 3.63) is 198 Å². The van der Waals surface area contributed by atoms with Crippen molar-refractivity contribution < 1.29 is 4.57 Å². The summed E-state index contributed by atoms with van der Waals surface area (Å²) in [6.45, 7) is 6.55. The highest BCUT2D eigenvalue weighted by Crippen LogP contribution is 2.46. The lowest BCUT2D eigenvalue weighted by atomic mass is 9.85. The first-order chi connectivity index (χ1) is 28.8. The van der Waals surface area contributed by atoms with Gasteiger partial charge in [-0.2, -0.15) is 5.26 Å². The third-order valence-electron chi connectivity index (χ3n) is 11.8. The van der Waals surface area contributed by atoms with E-state index in [-0.39, 0.29) is 0 Å². The molecular formula is C54H38N3OP. The standard InChI is InChI=1S/C54H38N3OP/c1-34-18-22-39(23-19-34)54-52-35(2)49-45-16-10-11-17-47(45)56-53(40-24-20-37(33-55)21-25-40)51(49)36(3)50(52)46-31-28-41(32-48(46)57-54)38-26-29-44(30-27-38)59(58,42-12-6-4-7-13-42)43-14-8-5-9-15-43/h4-32H,1-3H3. The smallest absolute Gasteiger partial charge is 0.171 e. The van der Waals surface area contributed by atoms with Crippen LogP contribution in [0.4, 0.5) is 0 Å². The molecule has 0 spiro atoms. The first-order valence-electron chi connectivity index (χ1n) is 19.8. The van der Waals surface area contributed by atoms with Crippen LogP contribution in [0.25, 0.3) is 77.0 Å². The molecule has 10 aromatic rings. The average Bonchev–Trinajstić information content (AvgIpc) is 3.30.